The van der Waals surface area contributed by atoms with Gasteiger partial charge < -0.3 is 5.73 Å². The van der Waals surface area contributed by atoms with Gasteiger partial charge in [-0.2, -0.15) is 0 Å². The van der Waals surface area contributed by atoms with Crippen LogP contribution in [0.2, 0.25) is 5.02 Å². The van der Waals surface area contributed by atoms with E-state index in [4.69, 9.17) is 17.3 Å². The quantitative estimate of drug-likeness (QED) is 0.800. The first kappa shape index (κ1) is 15.1. The Labute approximate surface area is 128 Å². The average Bonchev–Trinajstić information content (AvgIpc) is 2.36. The molecule has 2 aromatic carbocycles. The lowest BCUT2D eigenvalue weighted by Crippen LogP contribution is -2.14. The number of hydrogen-bond donors (Lipinski definition) is 2. The van der Waals surface area contributed by atoms with E-state index in [2.05, 4.69) is 20.7 Å². The van der Waals surface area contributed by atoms with Crippen molar-refractivity contribution in [3.63, 3.8) is 0 Å². The van der Waals surface area contributed by atoms with Gasteiger partial charge in [-0.1, -0.05) is 11.6 Å². The molecular formula is C12H9BrClFN2O2S. The van der Waals surface area contributed by atoms with Crippen LogP contribution in [0.5, 0.6) is 0 Å². The van der Waals surface area contributed by atoms with Gasteiger partial charge in [0.05, 0.1) is 10.7 Å². The minimum atomic E-state index is -3.96. The average molecular weight is 380 g/mol. The summed E-state index contributed by atoms with van der Waals surface area (Å²) in [6.07, 6.45) is 0. The van der Waals surface area contributed by atoms with E-state index in [1.54, 1.807) is 0 Å². The summed E-state index contributed by atoms with van der Waals surface area (Å²) in [4.78, 5) is -0.171. The van der Waals surface area contributed by atoms with Gasteiger partial charge in [0.2, 0.25) is 0 Å². The second-order valence-electron chi connectivity index (χ2n) is 3.92. The molecule has 8 heteroatoms. The molecule has 0 unspecified atom stereocenters. The van der Waals surface area contributed by atoms with Crippen molar-refractivity contribution in [3.8, 4) is 0 Å². The zero-order valence-corrected chi connectivity index (χ0v) is 13.1. The van der Waals surface area contributed by atoms with Crippen molar-refractivity contribution >= 4 is 48.9 Å². The van der Waals surface area contributed by atoms with Gasteiger partial charge in [0.1, 0.15) is 10.7 Å². The largest absolute Gasteiger partial charge is 0.399 e. The van der Waals surface area contributed by atoms with Crippen LogP contribution in [0.1, 0.15) is 0 Å². The molecule has 0 atom stereocenters. The molecule has 0 bridgehead atoms. The highest BCUT2D eigenvalue weighted by atomic mass is 79.9. The summed E-state index contributed by atoms with van der Waals surface area (Å²) in [6, 6.07) is 7.76. The summed E-state index contributed by atoms with van der Waals surface area (Å²) in [5, 5.41) is 0.0271. The van der Waals surface area contributed by atoms with Gasteiger partial charge in [-0.25, -0.2) is 12.8 Å². The van der Waals surface area contributed by atoms with E-state index in [1.807, 2.05) is 0 Å². The molecule has 0 aliphatic rings. The number of benzene rings is 2. The summed E-state index contributed by atoms with van der Waals surface area (Å²) < 4.78 is 40.3. The van der Waals surface area contributed by atoms with Gasteiger partial charge in [-0.3, -0.25) is 4.72 Å². The second kappa shape index (κ2) is 5.59. The third kappa shape index (κ3) is 3.23. The molecule has 0 heterocycles. The standard InChI is InChI=1S/C12H9BrClFN2O2S/c13-9-3-1-7(15)5-11(9)17-20(18,19)12-6-8(16)2-4-10(12)14/h1-6,17H,16H2. The van der Waals surface area contributed by atoms with Gasteiger partial charge >= 0.3 is 0 Å². The fourth-order valence-corrected chi connectivity index (χ4v) is 3.58. The van der Waals surface area contributed by atoms with Crippen LogP contribution >= 0.6 is 27.5 Å². The SMILES string of the molecule is Nc1ccc(Cl)c(S(=O)(=O)Nc2cc(F)ccc2Br)c1. The zero-order chi connectivity index (χ0) is 14.9. The summed E-state index contributed by atoms with van der Waals surface area (Å²) in [5.41, 5.74) is 5.88. The molecule has 0 aliphatic heterocycles. The van der Waals surface area contributed by atoms with Gasteiger partial charge in [0.15, 0.2) is 0 Å². The third-order valence-corrected chi connectivity index (χ3v) is 4.96. The van der Waals surface area contributed by atoms with E-state index in [-0.39, 0.29) is 21.3 Å². The van der Waals surface area contributed by atoms with Crippen molar-refractivity contribution in [3.05, 3.63) is 51.7 Å². The van der Waals surface area contributed by atoms with Crippen LogP contribution in [0.4, 0.5) is 15.8 Å². The van der Waals surface area contributed by atoms with Crippen molar-refractivity contribution in [1.82, 2.24) is 0 Å². The first-order valence-electron chi connectivity index (χ1n) is 5.32. The summed E-state index contributed by atoms with van der Waals surface area (Å²) in [7, 11) is -3.96. The van der Waals surface area contributed by atoms with Crippen LogP contribution in [0.15, 0.2) is 45.8 Å². The molecule has 0 aromatic heterocycles. The maximum Gasteiger partial charge on any atom is 0.263 e. The first-order chi connectivity index (χ1) is 9.29. The zero-order valence-electron chi connectivity index (χ0n) is 9.90. The number of nitrogens with one attached hydrogen (secondary N) is 1. The number of rotatable bonds is 3. The van der Waals surface area contributed by atoms with Gasteiger partial charge in [0, 0.05) is 10.2 Å². The Kier molecular flexibility index (Phi) is 4.22. The van der Waals surface area contributed by atoms with Crippen LogP contribution < -0.4 is 10.5 Å². The fourth-order valence-electron chi connectivity index (χ4n) is 1.50. The predicted octanol–water partition coefficient (Wildman–Crippen LogP) is 3.62. The second-order valence-corrected chi connectivity index (χ2v) is 6.83. The molecule has 4 nitrogen and oxygen atoms in total. The molecule has 0 radical (unpaired) electrons. The van der Waals surface area contributed by atoms with Crippen LogP contribution in [0, 0.1) is 5.82 Å². The predicted molar refractivity (Wildman–Crippen MR) is 80.8 cm³/mol. The molecule has 0 aliphatic carbocycles. The Hall–Kier alpha value is -1.31. The Morgan fingerprint density at radius 2 is 1.90 bits per heavy atom. The highest BCUT2D eigenvalue weighted by Crippen LogP contribution is 2.29. The summed E-state index contributed by atoms with van der Waals surface area (Å²) in [6.45, 7) is 0. The molecule has 20 heavy (non-hydrogen) atoms. The van der Waals surface area contributed by atoms with Gasteiger partial charge in [-0.15, -0.1) is 0 Å². The van der Waals surface area contributed by atoms with Crippen molar-refractivity contribution < 1.29 is 12.8 Å². The van der Waals surface area contributed by atoms with E-state index in [0.29, 0.717) is 4.47 Å². The lowest BCUT2D eigenvalue weighted by atomic mass is 10.3. The lowest BCUT2D eigenvalue weighted by Gasteiger charge is -2.11. The minimum absolute atomic E-state index is 0.0271. The van der Waals surface area contributed by atoms with E-state index < -0.39 is 15.8 Å². The van der Waals surface area contributed by atoms with E-state index >= 15 is 0 Å². The normalized spacial score (nSPS) is 11.3. The first-order valence-corrected chi connectivity index (χ1v) is 7.98. The van der Waals surface area contributed by atoms with E-state index in [1.165, 1.54) is 30.3 Å². The molecule has 2 rings (SSSR count). The molecule has 0 spiro atoms. The molecule has 0 amide bonds. The summed E-state index contributed by atoms with van der Waals surface area (Å²) >= 11 is 8.99. The maximum absolute atomic E-state index is 13.2. The Morgan fingerprint density at radius 1 is 1.20 bits per heavy atom. The minimum Gasteiger partial charge on any atom is -0.399 e. The van der Waals surface area contributed by atoms with E-state index in [9.17, 15) is 12.8 Å². The fraction of sp³-hybridized carbons (Fsp3) is 0. The van der Waals surface area contributed by atoms with Crippen molar-refractivity contribution in [2.45, 2.75) is 4.90 Å². The molecular weight excluding hydrogens is 371 g/mol. The van der Waals surface area contributed by atoms with Crippen LogP contribution in [0.25, 0.3) is 0 Å². The maximum atomic E-state index is 13.2. The monoisotopic (exact) mass is 378 g/mol. The number of anilines is 2. The highest BCUT2D eigenvalue weighted by molar-refractivity contribution is 9.10. The highest BCUT2D eigenvalue weighted by Gasteiger charge is 2.19. The number of nitrogen functional groups attached to an aromatic ring is 1. The van der Waals surface area contributed by atoms with Gasteiger partial charge in [-0.05, 0) is 52.3 Å². The topological polar surface area (TPSA) is 72.2 Å². The summed E-state index contributed by atoms with van der Waals surface area (Å²) in [5.74, 6) is -0.565. The molecule has 106 valence electrons. The van der Waals surface area contributed by atoms with Crippen molar-refractivity contribution in [2.75, 3.05) is 10.5 Å². The molecule has 2 aromatic rings. The molecule has 0 saturated carbocycles. The lowest BCUT2D eigenvalue weighted by molar-refractivity contribution is 0.601. The van der Waals surface area contributed by atoms with Gasteiger partial charge in [0.25, 0.3) is 10.0 Å². The Morgan fingerprint density at radius 3 is 2.60 bits per heavy atom. The number of sulfonamides is 1. The van der Waals surface area contributed by atoms with Crippen LogP contribution in [-0.2, 0) is 10.0 Å². The molecule has 0 fully saturated rings. The number of hydrogen-bond acceptors (Lipinski definition) is 3. The van der Waals surface area contributed by atoms with Crippen molar-refractivity contribution in [2.24, 2.45) is 0 Å². The number of nitrogens with two attached hydrogens (primary N) is 1. The van der Waals surface area contributed by atoms with Crippen LogP contribution in [0.3, 0.4) is 0 Å². The Balaban J connectivity index is 2.46. The smallest absolute Gasteiger partial charge is 0.263 e. The Bertz CT molecular complexity index is 768. The number of halogens is 3. The molecule has 0 saturated heterocycles. The third-order valence-electron chi connectivity index (χ3n) is 2.42. The van der Waals surface area contributed by atoms with Crippen LogP contribution in [-0.4, -0.2) is 8.42 Å². The van der Waals surface area contributed by atoms with Crippen molar-refractivity contribution in [1.29, 1.82) is 0 Å². The van der Waals surface area contributed by atoms with E-state index in [0.717, 1.165) is 6.07 Å². The molecule has 3 N–H and O–H groups in total.